The first-order valence-electron chi connectivity index (χ1n) is 31.4. The lowest BCUT2D eigenvalue weighted by Crippen LogP contribution is -2.30. The number of aliphatic hydroxyl groups is 1. The van der Waals surface area contributed by atoms with Gasteiger partial charge in [-0.2, -0.15) is 0 Å². The lowest BCUT2D eigenvalue weighted by atomic mass is 10.1. The predicted molar refractivity (Wildman–Crippen MR) is 334 cm³/mol. The first-order valence-corrected chi connectivity index (χ1v) is 32.9. The molecule has 0 aliphatic heterocycles. The molecule has 0 amide bonds. The van der Waals surface area contributed by atoms with Crippen LogP contribution in [-0.4, -0.2) is 66.5 Å². The minimum atomic E-state index is -4.78. The number of hydrogen-bond donors (Lipinski definition) is 2. The Labute approximate surface area is 487 Å². The van der Waals surface area contributed by atoms with Gasteiger partial charge >= 0.3 is 25.7 Å². The molecule has 3 unspecified atom stereocenters. The zero-order chi connectivity index (χ0) is 58.3. The molecular formula is C68H113O11P. The van der Waals surface area contributed by atoms with Gasteiger partial charge in [0.15, 0.2) is 6.10 Å². The molecule has 3 atom stereocenters. The van der Waals surface area contributed by atoms with E-state index in [1.165, 1.54) is 44.9 Å². The quantitative estimate of drug-likeness (QED) is 0.0197. The van der Waals surface area contributed by atoms with Gasteiger partial charge in [0.25, 0.3) is 0 Å². The Kier molecular flexibility index (Phi) is 57.8. The second kappa shape index (κ2) is 61.0. The highest BCUT2D eigenvalue weighted by molar-refractivity contribution is 7.47. The van der Waals surface area contributed by atoms with Gasteiger partial charge in [-0.3, -0.25) is 23.4 Å². The minimum Gasteiger partial charge on any atom is -0.462 e. The fraction of sp³-hybridized carbons (Fsp3) is 0.662. The van der Waals surface area contributed by atoms with Crippen LogP contribution in [0.25, 0.3) is 0 Å². The van der Waals surface area contributed by atoms with Crippen molar-refractivity contribution in [2.75, 3.05) is 26.4 Å². The molecule has 0 aromatic carbocycles. The first-order chi connectivity index (χ1) is 39.2. The molecule has 456 valence electrons. The number of carbonyl (C=O) groups excluding carboxylic acids is 3. The van der Waals surface area contributed by atoms with Crippen molar-refractivity contribution in [1.82, 2.24) is 0 Å². The van der Waals surface area contributed by atoms with Crippen LogP contribution in [0.1, 0.15) is 252 Å². The highest BCUT2D eigenvalue weighted by Gasteiger charge is 2.28. The van der Waals surface area contributed by atoms with E-state index in [1.807, 2.05) is 0 Å². The van der Waals surface area contributed by atoms with Crippen molar-refractivity contribution in [3.63, 3.8) is 0 Å². The van der Waals surface area contributed by atoms with E-state index >= 15 is 0 Å². The second-order valence-electron chi connectivity index (χ2n) is 20.5. The molecule has 12 heteroatoms. The van der Waals surface area contributed by atoms with E-state index in [9.17, 15) is 28.9 Å². The van der Waals surface area contributed by atoms with Crippen molar-refractivity contribution < 1.29 is 52.2 Å². The topological polar surface area (TPSA) is 155 Å². The summed E-state index contributed by atoms with van der Waals surface area (Å²) in [6.07, 6.45) is 75.7. The van der Waals surface area contributed by atoms with Gasteiger partial charge in [-0.05, 0) is 135 Å². The molecule has 0 bridgehead atoms. The van der Waals surface area contributed by atoms with Crippen LogP contribution < -0.4 is 0 Å². The van der Waals surface area contributed by atoms with Crippen LogP contribution in [-0.2, 0) is 42.2 Å². The molecule has 0 fully saturated rings. The molecule has 2 N–H and O–H groups in total. The van der Waals surface area contributed by atoms with E-state index in [1.54, 1.807) is 0 Å². The number of phosphoric acid groups is 1. The molecule has 0 heterocycles. The summed E-state index contributed by atoms with van der Waals surface area (Å²) in [5, 5.41) is 9.84. The number of phosphoric ester groups is 1. The predicted octanol–water partition coefficient (Wildman–Crippen LogP) is 19.1. The number of rotatable bonds is 57. The average molecular weight is 1140 g/mol. The van der Waals surface area contributed by atoms with Crippen LogP contribution in [0.4, 0.5) is 0 Å². The Morgan fingerprint density at radius 3 is 1.01 bits per heavy atom. The van der Waals surface area contributed by atoms with Gasteiger partial charge in [-0.15, -0.1) is 0 Å². The summed E-state index contributed by atoms with van der Waals surface area (Å²) in [6, 6.07) is 0. The van der Waals surface area contributed by atoms with Gasteiger partial charge in [0.1, 0.15) is 12.7 Å². The van der Waals surface area contributed by atoms with Gasteiger partial charge in [0.05, 0.1) is 19.8 Å². The summed E-state index contributed by atoms with van der Waals surface area (Å²) in [4.78, 5) is 48.7. The summed E-state index contributed by atoms with van der Waals surface area (Å²) in [7, 11) is -4.78. The molecule has 11 nitrogen and oxygen atoms in total. The molecule has 0 aliphatic carbocycles. The smallest absolute Gasteiger partial charge is 0.462 e. The second-order valence-corrected chi connectivity index (χ2v) is 21.9. The number of unbranched alkanes of at least 4 members (excludes halogenated alkanes) is 20. The third-order valence-corrected chi connectivity index (χ3v) is 13.8. The van der Waals surface area contributed by atoms with Crippen molar-refractivity contribution in [2.24, 2.45) is 0 Å². The summed E-state index contributed by atoms with van der Waals surface area (Å²) in [5.41, 5.74) is 0. The Morgan fingerprint density at radius 2 is 0.650 bits per heavy atom. The largest absolute Gasteiger partial charge is 0.472 e. The highest BCUT2D eigenvalue weighted by atomic mass is 31.2. The van der Waals surface area contributed by atoms with Gasteiger partial charge < -0.3 is 24.2 Å². The van der Waals surface area contributed by atoms with Crippen molar-refractivity contribution in [2.45, 2.75) is 264 Å². The Morgan fingerprint density at radius 1 is 0.362 bits per heavy atom. The Hall–Kier alpha value is -4.12. The molecule has 0 aliphatic rings. The van der Waals surface area contributed by atoms with Crippen molar-refractivity contribution in [3.05, 3.63) is 122 Å². The van der Waals surface area contributed by atoms with E-state index in [4.69, 9.17) is 23.3 Å². The molecule has 0 aromatic heterocycles. The summed E-state index contributed by atoms with van der Waals surface area (Å²) in [5.74, 6) is -1.54. The molecule has 0 radical (unpaired) electrons. The maximum atomic E-state index is 12.9. The first kappa shape index (κ1) is 75.9. The van der Waals surface area contributed by atoms with E-state index in [2.05, 4.69) is 142 Å². The van der Waals surface area contributed by atoms with E-state index < -0.39 is 57.8 Å². The lowest BCUT2D eigenvalue weighted by Gasteiger charge is -2.21. The molecule has 0 spiro atoms. The monoisotopic (exact) mass is 1140 g/mol. The lowest BCUT2D eigenvalue weighted by molar-refractivity contribution is -0.161. The maximum absolute atomic E-state index is 12.9. The zero-order valence-corrected chi connectivity index (χ0v) is 51.4. The van der Waals surface area contributed by atoms with Crippen LogP contribution >= 0.6 is 7.82 Å². The van der Waals surface area contributed by atoms with E-state index in [0.29, 0.717) is 19.3 Å². The SMILES string of the molecule is CC/C=C\C/C=C\C/C=C\C/C=C\C/C=C\CCCCCC(=O)OC(COC(=O)CCCCCCCC/C=C\C/C=C\C/C=C\CCCCC)COP(=O)(O)OCC(CO)OC(=O)CCCCCCC/C=C\C/C=C\CCCCC. The number of allylic oxidation sites excluding steroid dienone is 20. The average Bonchev–Trinajstić information content (AvgIpc) is 3.45. The fourth-order valence-corrected chi connectivity index (χ4v) is 8.85. The number of hydrogen-bond acceptors (Lipinski definition) is 10. The van der Waals surface area contributed by atoms with Crippen molar-refractivity contribution >= 4 is 25.7 Å². The molecule has 0 aromatic rings. The third-order valence-electron chi connectivity index (χ3n) is 12.8. The van der Waals surface area contributed by atoms with Crippen LogP contribution in [0.2, 0.25) is 0 Å². The van der Waals surface area contributed by atoms with Gasteiger partial charge in [-0.1, -0.05) is 219 Å². The highest BCUT2D eigenvalue weighted by Crippen LogP contribution is 2.43. The number of carbonyl (C=O) groups is 3. The third kappa shape index (κ3) is 58.5. The van der Waals surface area contributed by atoms with Crippen molar-refractivity contribution in [3.8, 4) is 0 Å². The maximum Gasteiger partial charge on any atom is 0.472 e. The molecule has 0 rings (SSSR count). The molecule has 0 saturated carbocycles. The fourth-order valence-electron chi connectivity index (χ4n) is 8.07. The van der Waals surface area contributed by atoms with Crippen molar-refractivity contribution in [1.29, 1.82) is 0 Å². The van der Waals surface area contributed by atoms with Crippen LogP contribution in [0.5, 0.6) is 0 Å². The van der Waals surface area contributed by atoms with Gasteiger partial charge in [-0.25, -0.2) is 4.57 Å². The van der Waals surface area contributed by atoms with Crippen LogP contribution in [0.15, 0.2) is 122 Å². The normalized spacial score (nSPS) is 14.1. The van der Waals surface area contributed by atoms with Gasteiger partial charge in [0.2, 0.25) is 0 Å². The van der Waals surface area contributed by atoms with Gasteiger partial charge in [0, 0.05) is 19.3 Å². The minimum absolute atomic E-state index is 0.118. The van der Waals surface area contributed by atoms with E-state index in [0.717, 1.165) is 148 Å². The number of ether oxygens (including phenoxy) is 3. The molecule has 0 saturated heterocycles. The summed E-state index contributed by atoms with van der Waals surface area (Å²) in [6.45, 7) is 4.41. The number of esters is 3. The summed E-state index contributed by atoms with van der Waals surface area (Å²) < 4.78 is 39.6. The van der Waals surface area contributed by atoms with Crippen LogP contribution in [0, 0.1) is 0 Å². The van der Waals surface area contributed by atoms with E-state index in [-0.39, 0.29) is 25.9 Å². The Bertz CT molecular complexity index is 1800. The molecule has 80 heavy (non-hydrogen) atoms. The van der Waals surface area contributed by atoms with Crippen LogP contribution in [0.3, 0.4) is 0 Å². The number of aliphatic hydroxyl groups excluding tert-OH is 1. The summed E-state index contributed by atoms with van der Waals surface area (Å²) >= 11 is 0. The standard InChI is InChI=1S/C68H113O11P/c1-4-7-10-13-16-19-22-25-28-30-32-34-37-39-42-45-48-51-54-57-66(70)75-61-65(79-68(72)59-56-53-50-47-44-41-38-35-33-31-29-26-23-20-17-14-11-8-5-2)63-77-80(73,74)76-62-64(60-69)78-67(71)58-55-52-49-46-43-40-36-27-24-21-18-15-12-9-6-3/h8,11,16-21,25-29,32-36,41,44,64-65,69H,4-7,9-10,12-15,22-24,30-31,37-40,42-43,45-63H2,1-3H3,(H,73,74)/b11-8-,19-16-,20-17-,21-18-,28-25-,29-26-,34-32-,35-33-,36-27-,44-41-. The molecular weight excluding hydrogens is 1020 g/mol. The Balaban J connectivity index is 4.83. The zero-order valence-electron chi connectivity index (χ0n) is 50.5.